The lowest BCUT2D eigenvalue weighted by atomic mass is 9.64. The number of aliphatic hydroxyl groups is 1. The van der Waals surface area contributed by atoms with Gasteiger partial charge in [-0.2, -0.15) is 0 Å². The first-order valence-corrected chi connectivity index (χ1v) is 6.83. The van der Waals surface area contributed by atoms with E-state index in [-0.39, 0.29) is 5.54 Å². The molecule has 0 radical (unpaired) electrons. The Balaban J connectivity index is 2.05. The third kappa shape index (κ3) is 2.60. The van der Waals surface area contributed by atoms with Crippen LogP contribution in [0.3, 0.4) is 0 Å². The monoisotopic (exact) mass is 225 g/mol. The Bertz CT molecular complexity index is 247. The summed E-state index contributed by atoms with van der Waals surface area (Å²) in [7, 11) is 0. The SMILES string of the molecule is CC1CC(C)(C)CC(CO)(NC2CCC2)C1. The van der Waals surface area contributed by atoms with Crippen molar-refractivity contribution in [1.82, 2.24) is 5.32 Å². The van der Waals surface area contributed by atoms with Crippen molar-refractivity contribution < 1.29 is 5.11 Å². The van der Waals surface area contributed by atoms with E-state index in [1.165, 1.54) is 25.7 Å². The van der Waals surface area contributed by atoms with E-state index in [4.69, 9.17) is 0 Å². The van der Waals surface area contributed by atoms with Gasteiger partial charge >= 0.3 is 0 Å². The van der Waals surface area contributed by atoms with Gasteiger partial charge < -0.3 is 10.4 Å². The van der Waals surface area contributed by atoms with E-state index in [0.717, 1.165) is 18.8 Å². The first-order valence-electron chi connectivity index (χ1n) is 6.83. The Hall–Kier alpha value is -0.0800. The average molecular weight is 225 g/mol. The van der Waals surface area contributed by atoms with Gasteiger partial charge in [-0.25, -0.2) is 0 Å². The predicted octanol–water partition coefficient (Wildman–Crippen LogP) is 2.71. The smallest absolute Gasteiger partial charge is 0.0613 e. The zero-order valence-corrected chi connectivity index (χ0v) is 11.1. The number of rotatable bonds is 3. The molecule has 16 heavy (non-hydrogen) atoms. The van der Waals surface area contributed by atoms with Crippen LogP contribution in [-0.4, -0.2) is 23.3 Å². The van der Waals surface area contributed by atoms with Gasteiger partial charge in [0.05, 0.1) is 6.61 Å². The number of hydrogen-bond donors (Lipinski definition) is 2. The fourth-order valence-electron chi connectivity index (χ4n) is 4.00. The highest BCUT2D eigenvalue weighted by atomic mass is 16.3. The van der Waals surface area contributed by atoms with Crippen LogP contribution in [-0.2, 0) is 0 Å². The molecule has 2 N–H and O–H groups in total. The largest absolute Gasteiger partial charge is 0.394 e. The fourth-order valence-corrected chi connectivity index (χ4v) is 4.00. The predicted molar refractivity (Wildman–Crippen MR) is 67.4 cm³/mol. The summed E-state index contributed by atoms with van der Waals surface area (Å²) in [4.78, 5) is 0. The van der Waals surface area contributed by atoms with E-state index < -0.39 is 0 Å². The summed E-state index contributed by atoms with van der Waals surface area (Å²) >= 11 is 0. The molecule has 2 unspecified atom stereocenters. The van der Waals surface area contributed by atoms with Crippen LogP contribution in [0.5, 0.6) is 0 Å². The maximum atomic E-state index is 9.80. The first-order chi connectivity index (χ1) is 7.45. The normalized spacial score (nSPS) is 39.4. The molecule has 0 aromatic carbocycles. The minimum atomic E-state index is 0.00620. The quantitative estimate of drug-likeness (QED) is 0.774. The molecular formula is C14H27NO. The average Bonchev–Trinajstić information content (AvgIpc) is 2.08. The van der Waals surface area contributed by atoms with Gasteiger partial charge in [0.25, 0.3) is 0 Å². The molecule has 0 aromatic heterocycles. The Morgan fingerprint density at radius 3 is 2.38 bits per heavy atom. The lowest BCUT2D eigenvalue weighted by molar-refractivity contribution is 0.0210. The molecule has 2 saturated carbocycles. The molecular weight excluding hydrogens is 198 g/mol. The second kappa shape index (κ2) is 4.30. The van der Waals surface area contributed by atoms with Gasteiger partial charge in [-0.3, -0.25) is 0 Å². The minimum Gasteiger partial charge on any atom is -0.394 e. The van der Waals surface area contributed by atoms with Crippen LogP contribution in [0.25, 0.3) is 0 Å². The fraction of sp³-hybridized carbons (Fsp3) is 1.00. The van der Waals surface area contributed by atoms with Crippen molar-refractivity contribution >= 4 is 0 Å². The maximum Gasteiger partial charge on any atom is 0.0613 e. The molecule has 0 amide bonds. The van der Waals surface area contributed by atoms with Crippen molar-refractivity contribution in [3.8, 4) is 0 Å². The molecule has 2 aliphatic rings. The summed E-state index contributed by atoms with van der Waals surface area (Å²) in [5, 5.41) is 13.6. The van der Waals surface area contributed by atoms with Gasteiger partial charge in [0, 0.05) is 11.6 Å². The van der Waals surface area contributed by atoms with Crippen molar-refractivity contribution in [3.05, 3.63) is 0 Å². The number of nitrogens with one attached hydrogen (secondary N) is 1. The highest BCUT2D eigenvalue weighted by molar-refractivity contribution is 5.01. The molecule has 0 bridgehead atoms. The second-order valence-electron chi connectivity index (χ2n) is 7.07. The molecule has 2 rings (SSSR count). The molecule has 0 spiro atoms. The lowest BCUT2D eigenvalue weighted by Crippen LogP contribution is -2.59. The van der Waals surface area contributed by atoms with E-state index >= 15 is 0 Å². The standard InChI is InChI=1S/C14H27NO/c1-11-7-13(2,3)9-14(8-11,10-16)15-12-5-4-6-12/h11-12,15-16H,4-10H2,1-3H3. The van der Waals surface area contributed by atoms with Gasteiger partial charge in [-0.1, -0.05) is 27.2 Å². The van der Waals surface area contributed by atoms with Crippen LogP contribution in [0.15, 0.2) is 0 Å². The van der Waals surface area contributed by atoms with Crippen LogP contribution >= 0.6 is 0 Å². The maximum absolute atomic E-state index is 9.80. The van der Waals surface area contributed by atoms with Crippen molar-refractivity contribution in [2.75, 3.05) is 6.61 Å². The Morgan fingerprint density at radius 1 is 1.25 bits per heavy atom. The van der Waals surface area contributed by atoms with Crippen LogP contribution in [0.2, 0.25) is 0 Å². The third-order valence-electron chi connectivity index (χ3n) is 4.38. The Labute approximate surface area is 99.8 Å². The summed E-state index contributed by atoms with van der Waals surface area (Å²) in [5.41, 5.74) is 0.378. The highest BCUT2D eigenvalue weighted by Gasteiger charge is 2.43. The zero-order chi connectivity index (χ0) is 11.8. The third-order valence-corrected chi connectivity index (χ3v) is 4.38. The molecule has 0 heterocycles. The summed E-state index contributed by atoms with van der Waals surface area (Å²) in [6, 6.07) is 0.674. The number of aliphatic hydroxyl groups excluding tert-OH is 1. The highest BCUT2D eigenvalue weighted by Crippen LogP contribution is 2.44. The van der Waals surface area contributed by atoms with Crippen molar-refractivity contribution in [1.29, 1.82) is 0 Å². The van der Waals surface area contributed by atoms with Crippen molar-refractivity contribution in [3.63, 3.8) is 0 Å². The molecule has 2 fully saturated rings. The lowest BCUT2D eigenvalue weighted by Gasteiger charge is -2.50. The molecule has 0 aliphatic heterocycles. The van der Waals surface area contributed by atoms with E-state index in [1.807, 2.05) is 0 Å². The van der Waals surface area contributed by atoms with Crippen LogP contribution in [0.4, 0.5) is 0 Å². The van der Waals surface area contributed by atoms with E-state index in [2.05, 4.69) is 26.1 Å². The van der Waals surface area contributed by atoms with Gasteiger partial charge in [0.1, 0.15) is 0 Å². The summed E-state index contributed by atoms with van der Waals surface area (Å²) in [6.45, 7) is 7.32. The van der Waals surface area contributed by atoms with Crippen LogP contribution < -0.4 is 5.32 Å². The summed E-state index contributed by atoms with van der Waals surface area (Å²) in [6.07, 6.45) is 7.52. The second-order valence-corrected chi connectivity index (χ2v) is 7.07. The summed E-state index contributed by atoms with van der Waals surface area (Å²) < 4.78 is 0. The molecule has 2 aliphatic carbocycles. The van der Waals surface area contributed by atoms with Crippen molar-refractivity contribution in [2.24, 2.45) is 11.3 Å². The molecule has 2 atom stereocenters. The van der Waals surface area contributed by atoms with E-state index in [0.29, 0.717) is 18.1 Å². The van der Waals surface area contributed by atoms with Crippen LogP contribution in [0, 0.1) is 11.3 Å². The molecule has 0 aromatic rings. The van der Waals surface area contributed by atoms with Gasteiger partial charge in [0.2, 0.25) is 0 Å². The van der Waals surface area contributed by atoms with E-state index in [1.54, 1.807) is 0 Å². The van der Waals surface area contributed by atoms with Crippen molar-refractivity contribution in [2.45, 2.75) is 70.9 Å². The number of hydrogen-bond acceptors (Lipinski definition) is 2. The topological polar surface area (TPSA) is 32.3 Å². The Morgan fingerprint density at radius 2 is 1.94 bits per heavy atom. The molecule has 2 heteroatoms. The summed E-state index contributed by atoms with van der Waals surface area (Å²) in [5.74, 6) is 0.725. The Kier molecular flexibility index (Phi) is 3.33. The minimum absolute atomic E-state index is 0.00620. The van der Waals surface area contributed by atoms with Crippen LogP contribution in [0.1, 0.15) is 59.3 Å². The van der Waals surface area contributed by atoms with Gasteiger partial charge in [-0.05, 0) is 43.4 Å². The molecule has 2 nitrogen and oxygen atoms in total. The molecule has 0 saturated heterocycles. The van der Waals surface area contributed by atoms with Gasteiger partial charge in [-0.15, -0.1) is 0 Å². The van der Waals surface area contributed by atoms with Gasteiger partial charge in [0.15, 0.2) is 0 Å². The molecule has 94 valence electrons. The zero-order valence-electron chi connectivity index (χ0n) is 11.1. The van der Waals surface area contributed by atoms with E-state index in [9.17, 15) is 5.11 Å². The first kappa shape index (κ1) is 12.4.